The van der Waals surface area contributed by atoms with Crippen LogP contribution in [0.5, 0.6) is 0 Å². The van der Waals surface area contributed by atoms with E-state index in [0.29, 0.717) is 12.1 Å². The summed E-state index contributed by atoms with van der Waals surface area (Å²) in [6, 6.07) is 17.5. The molecule has 0 unspecified atom stereocenters. The third-order valence-corrected chi connectivity index (χ3v) is 6.99. The molecule has 0 radical (unpaired) electrons. The highest BCUT2D eigenvalue weighted by atomic mass is 32.1. The van der Waals surface area contributed by atoms with E-state index < -0.39 is 0 Å². The van der Waals surface area contributed by atoms with Gasteiger partial charge in [0.2, 0.25) is 0 Å². The van der Waals surface area contributed by atoms with Crippen molar-refractivity contribution in [3.63, 3.8) is 0 Å². The van der Waals surface area contributed by atoms with Crippen molar-refractivity contribution in [3.8, 4) is 0 Å². The van der Waals surface area contributed by atoms with Gasteiger partial charge in [0.15, 0.2) is 0 Å². The second-order valence-corrected chi connectivity index (χ2v) is 9.76. The lowest BCUT2D eigenvalue weighted by Gasteiger charge is -2.35. The fourth-order valence-corrected chi connectivity index (χ4v) is 5.23. The molecule has 2 N–H and O–H groups in total. The van der Waals surface area contributed by atoms with Crippen LogP contribution in [0.25, 0.3) is 0 Å². The highest BCUT2D eigenvalue weighted by molar-refractivity contribution is 7.07. The van der Waals surface area contributed by atoms with Gasteiger partial charge in [-0.15, -0.1) is 0 Å². The Morgan fingerprint density at radius 2 is 1.84 bits per heavy atom. The maximum Gasteiger partial charge on any atom is 0.255 e. The number of carbonyl (C=O) groups excluding carboxylic acids is 1. The van der Waals surface area contributed by atoms with Crippen molar-refractivity contribution < 1.29 is 4.79 Å². The monoisotopic (exact) mass is 447 g/mol. The molecular weight excluding hydrogens is 414 g/mol. The molecule has 1 aliphatic rings. The molecule has 1 fully saturated rings. The van der Waals surface area contributed by atoms with E-state index in [4.69, 9.17) is 0 Å². The topological polar surface area (TPSA) is 44.4 Å². The number of hydrogen-bond donors (Lipinski definition) is 2. The first-order chi connectivity index (χ1) is 15.5. The van der Waals surface area contributed by atoms with Gasteiger partial charge >= 0.3 is 0 Å². The smallest absolute Gasteiger partial charge is 0.255 e. The summed E-state index contributed by atoms with van der Waals surface area (Å²) < 4.78 is 0. The molecule has 4 nitrogen and oxygen atoms in total. The van der Waals surface area contributed by atoms with Crippen LogP contribution in [0, 0.1) is 13.8 Å². The Balaban J connectivity index is 1.27. The zero-order valence-corrected chi connectivity index (χ0v) is 20.0. The molecule has 168 valence electrons. The van der Waals surface area contributed by atoms with E-state index in [2.05, 4.69) is 51.4 Å². The number of nitrogens with zero attached hydrogens (tertiary/aromatic N) is 1. The fraction of sp³-hybridized carbons (Fsp3) is 0.370. The summed E-state index contributed by atoms with van der Waals surface area (Å²) in [4.78, 5) is 15.1. The molecular formula is C27H33N3OS. The van der Waals surface area contributed by atoms with Gasteiger partial charge in [0, 0.05) is 42.1 Å². The predicted molar refractivity (Wildman–Crippen MR) is 136 cm³/mol. The van der Waals surface area contributed by atoms with Crippen LogP contribution < -0.4 is 15.5 Å². The highest BCUT2D eigenvalue weighted by Crippen LogP contribution is 2.23. The molecule has 1 amide bonds. The zero-order chi connectivity index (χ0) is 22.5. The van der Waals surface area contributed by atoms with Gasteiger partial charge in [-0.2, -0.15) is 11.3 Å². The molecule has 4 rings (SSSR count). The summed E-state index contributed by atoms with van der Waals surface area (Å²) in [7, 11) is 0. The summed E-state index contributed by atoms with van der Waals surface area (Å²) in [5.41, 5.74) is 6.37. The van der Waals surface area contributed by atoms with E-state index >= 15 is 0 Å². The number of carbonyl (C=O) groups is 1. The van der Waals surface area contributed by atoms with Gasteiger partial charge < -0.3 is 15.5 Å². The van der Waals surface area contributed by atoms with Gasteiger partial charge in [0.25, 0.3) is 5.91 Å². The first-order valence-electron chi connectivity index (χ1n) is 11.5. The normalized spacial score (nSPS) is 15.5. The Bertz CT molecular complexity index is 1020. The number of aryl methyl sites for hydroxylation is 2. The minimum Gasteiger partial charge on any atom is -0.371 e. The Morgan fingerprint density at radius 3 is 2.50 bits per heavy atom. The van der Waals surface area contributed by atoms with Crippen molar-refractivity contribution in [2.75, 3.05) is 23.3 Å². The zero-order valence-electron chi connectivity index (χ0n) is 19.2. The van der Waals surface area contributed by atoms with Gasteiger partial charge in [0.05, 0.1) is 0 Å². The number of rotatable bonds is 7. The SMILES string of the molecule is Cc1ccc(C(=O)Nc2ccc(N3CCC(N[C@@H](C)Cc4ccsc4)CC3)cc2)c(C)c1. The molecule has 0 bridgehead atoms. The van der Waals surface area contributed by atoms with Gasteiger partial charge in [-0.05, 0) is 98.3 Å². The molecule has 0 spiro atoms. The van der Waals surface area contributed by atoms with E-state index in [1.807, 2.05) is 44.2 Å². The molecule has 3 aromatic rings. The van der Waals surface area contributed by atoms with E-state index in [1.54, 1.807) is 11.3 Å². The number of amides is 1. The highest BCUT2D eigenvalue weighted by Gasteiger charge is 2.21. The van der Waals surface area contributed by atoms with Crippen LogP contribution in [0.4, 0.5) is 11.4 Å². The minimum absolute atomic E-state index is 0.0567. The van der Waals surface area contributed by atoms with Crippen molar-refractivity contribution in [2.24, 2.45) is 0 Å². The lowest BCUT2D eigenvalue weighted by atomic mass is 10.0. The number of hydrogen-bond acceptors (Lipinski definition) is 4. The first-order valence-corrected chi connectivity index (χ1v) is 12.4. The number of piperidine rings is 1. The number of thiophene rings is 1. The van der Waals surface area contributed by atoms with Gasteiger partial charge in [-0.3, -0.25) is 4.79 Å². The Kier molecular flexibility index (Phi) is 7.28. The lowest BCUT2D eigenvalue weighted by molar-refractivity contribution is 0.102. The molecule has 2 heterocycles. The molecule has 5 heteroatoms. The second-order valence-electron chi connectivity index (χ2n) is 8.98. The molecule has 1 aliphatic heterocycles. The second kappa shape index (κ2) is 10.3. The van der Waals surface area contributed by atoms with E-state index in [0.717, 1.165) is 49.2 Å². The van der Waals surface area contributed by atoms with Crippen LogP contribution in [0.15, 0.2) is 59.3 Å². The lowest BCUT2D eigenvalue weighted by Crippen LogP contribution is -2.46. The molecule has 0 aliphatic carbocycles. The summed E-state index contributed by atoms with van der Waals surface area (Å²) >= 11 is 1.77. The van der Waals surface area contributed by atoms with Crippen LogP contribution in [0.3, 0.4) is 0 Å². The van der Waals surface area contributed by atoms with Crippen LogP contribution >= 0.6 is 11.3 Å². The molecule has 32 heavy (non-hydrogen) atoms. The Morgan fingerprint density at radius 1 is 1.09 bits per heavy atom. The quantitative estimate of drug-likeness (QED) is 0.481. The van der Waals surface area contributed by atoms with Crippen molar-refractivity contribution in [1.29, 1.82) is 0 Å². The van der Waals surface area contributed by atoms with Gasteiger partial charge in [-0.1, -0.05) is 17.7 Å². The molecule has 2 aromatic carbocycles. The standard InChI is InChI=1S/C27H33N3OS/c1-19-4-9-26(20(2)16-19)27(31)29-23-5-7-25(8-6-23)30-13-10-24(11-14-30)28-21(3)17-22-12-15-32-18-22/h4-9,12,15-16,18,21,24,28H,10-11,13-14,17H2,1-3H3,(H,29,31)/t21-/m0/s1. The van der Waals surface area contributed by atoms with Gasteiger partial charge in [-0.25, -0.2) is 0 Å². The number of anilines is 2. The van der Waals surface area contributed by atoms with Crippen molar-refractivity contribution in [1.82, 2.24) is 5.32 Å². The third-order valence-electron chi connectivity index (χ3n) is 6.25. The summed E-state index contributed by atoms with van der Waals surface area (Å²) in [6.45, 7) is 8.41. The van der Waals surface area contributed by atoms with Crippen molar-refractivity contribution in [2.45, 2.75) is 52.1 Å². The largest absolute Gasteiger partial charge is 0.371 e. The number of benzene rings is 2. The molecule has 0 saturated carbocycles. The van der Waals surface area contributed by atoms with Crippen LogP contribution in [-0.4, -0.2) is 31.1 Å². The maximum atomic E-state index is 12.6. The van der Waals surface area contributed by atoms with Crippen LogP contribution in [0.2, 0.25) is 0 Å². The van der Waals surface area contributed by atoms with Crippen LogP contribution in [-0.2, 0) is 6.42 Å². The fourth-order valence-electron chi connectivity index (χ4n) is 4.55. The Hall–Kier alpha value is -2.63. The average molecular weight is 448 g/mol. The van der Waals surface area contributed by atoms with E-state index in [9.17, 15) is 4.79 Å². The van der Waals surface area contributed by atoms with Crippen molar-refractivity contribution in [3.05, 3.63) is 81.5 Å². The van der Waals surface area contributed by atoms with E-state index in [-0.39, 0.29) is 5.91 Å². The minimum atomic E-state index is -0.0567. The molecule has 1 saturated heterocycles. The summed E-state index contributed by atoms with van der Waals surface area (Å²) in [5, 5.41) is 11.2. The molecule has 1 aromatic heterocycles. The first kappa shape index (κ1) is 22.6. The average Bonchev–Trinajstić information content (AvgIpc) is 3.27. The maximum absolute atomic E-state index is 12.6. The Labute approximate surface area is 195 Å². The van der Waals surface area contributed by atoms with E-state index in [1.165, 1.54) is 16.8 Å². The van der Waals surface area contributed by atoms with Gasteiger partial charge in [0.1, 0.15) is 0 Å². The number of nitrogens with one attached hydrogen (secondary N) is 2. The summed E-state index contributed by atoms with van der Waals surface area (Å²) in [5.74, 6) is -0.0567. The third kappa shape index (κ3) is 5.78. The van der Waals surface area contributed by atoms with Crippen LogP contribution in [0.1, 0.15) is 46.8 Å². The van der Waals surface area contributed by atoms with Crippen molar-refractivity contribution >= 4 is 28.6 Å². The molecule has 1 atom stereocenters. The predicted octanol–water partition coefficient (Wildman–Crippen LogP) is 5.81. The summed E-state index contributed by atoms with van der Waals surface area (Å²) in [6.07, 6.45) is 3.40.